The largest absolute Gasteiger partial charge is 0.461 e. The van der Waals surface area contributed by atoms with E-state index >= 15 is 0 Å². The second-order valence-corrected chi connectivity index (χ2v) is 4.67. The summed E-state index contributed by atoms with van der Waals surface area (Å²) in [4.78, 5) is 11.3. The van der Waals surface area contributed by atoms with E-state index in [-0.39, 0.29) is 12.1 Å². The highest BCUT2D eigenvalue weighted by atomic mass is 32.2. The normalized spacial score (nSPS) is 28.5. The molecule has 0 bridgehead atoms. The van der Waals surface area contributed by atoms with Crippen LogP contribution in [-0.2, 0) is 9.53 Å². The zero-order valence-electron chi connectivity index (χ0n) is 9.36. The second kappa shape index (κ2) is 6.35. The van der Waals surface area contributed by atoms with Crippen LogP contribution in [0.5, 0.6) is 0 Å². The Kier molecular flexibility index (Phi) is 5.42. The molecule has 0 amide bonds. The van der Waals surface area contributed by atoms with Crippen LogP contribution >= 0.6 is 11.9 Å². The Balaban J connectivity index is 2.22. The lowest BCUT2D eigenvalue weighted by Crippen LogP contribution is -2.36. The first-order chi connectivity index (χ1) is 7.13. The van der Waals surface area contributed by atoms with E-state index in [0.717, 1.165) is 25.7 Å². The quantitative estimate of drug-likeness (QED) is 0.560. The molecule has 1 aliphatic rings. The molecule has 1 atom stereocenters. The Bertz CT molecular complexity index is 204. The first-order valence-electron chi connectivity index (χ1n) is 5.38. The average molecular weight is 232 g/mol. The van der Waals surface area contributed by atoms with Crippen molar-refractivity contribution in [1.82, 2.24) is 4.72 Å². The molecule has 15 heavy (non-hydrogen) atoms. The molecular formula is C10H20N2O2S. The van der Waals surface area contributed by atoms with Crippen LogP contribution in [0.1, 0.15) is 32.6 Å². The van der Waals surface area contributed by atoms with Gasteiger partial charge in [-0.1, -0.05) is 11.9 Å². The summed E-state index contributed by atoms with van der Waals surface area (Å²) >= 11 is 1.65. The van der Waals surface area contributed by atoms with Gasteiger partial charge in [0.05, 0.1) is 0 Å². The Morgan fingerprint density at radius 1 is 1.47 bits per heavy atom. The molecule has 0 heterocycles. The second-order valence-electron chi connectivity index (χ2n) is 4.02. The fourth-order valence-electron chi connectivity index (χ4n) is 1.74. The summed E-state index contributed by atoms with van der Waals surface area (Å²) in [5, 5.41) is 0. The number of hydrogen-bond donors (Lipinski definition) is 2. The summed E-state index contributed by atoms with van der Waals surface area (Å²) in [6.45, 7) is 1.66. The van der Waals surface area contributed by atoms with Crippen molar-refractivity contribution in [2.75, 3.05) is 6.26 Å². The molecule has 0 aromatic rings. The van der Waals surface area contributed by atoms with Crippen LogP contribution in [0.2, 0.25) is 0 Å². The van der Waals surface area contributed by atoms with Crippen LogP contribution in [0.25, 0.3) is 0 Å². The van der Waals surface area contributed by atoms with Crippen molar-refractivity contribution in [3.05, 3.63) is 0 Å². The third kappa shape index (κ3) is 4.40. The predicted molar refractivity (Wildman–Crippen MR) is 62.4 cm³/mol. The number of rotatable bonds is 4. The van der Waals surface area contributed by atoms with E-state index in [4.69, 9.17) is 10.5 Å². The maximum atomic E-state index is 11.3. The van der Waals surface area contributed by atoms with Crippen LogP contribution in [0.4, 0.5) is 0 Å². The first-order valence-corrected chi connectivity index (χ1v) is 6.60. The van der Waals surface area contributed by atoms with Crippen LogP contribution < -0.4 is 10.5 Å². The molecule has 4 nitrogen and oxygen atoms in total. The van der Waals surface area contributed by atoms with Crippen molar-refractivity contribution in [2.24, 2.45) is 5.73 Å². The number of ether oxygens (including phenoxy) is 1. The number of carbonyl (C=O) groups excluding carboxylic acids is 1. The summed E-state index contributed by atoms with van der Waals surface area (Å²) in [7, 11) is 0. The van der Waals surface area contributed by atoms with Crippen molar-refractivity contribution >= 4 is 17.9 Å². The highest BCUT2D eigenvalue weighted by Crippen LogP contribution is 2.22. The number of esters is 1. The molecule has 0 aliphatic heterocycles. The molecular weight excluding hydrogens is 212 g/mol. The van der Waals surface area contributed by atoms with Crippen molar-refractivity contribution in [3.8, 4) is 0 Å². The molecule has 1 fully saturated rings. The lowest BCUT2D eigenvalue weighted by Gasteiger charge is -2.28. The molecule has 3 N–H and O–H groups in total. The fraction of sp³-hybridized carbons (Fsp3) is 0.900. The monoisotopic (exact) mass is 232 g/mol. The highest BCUT2D eigenvalue weighted by molar-refractivity contribution is 7.96. The van der Waals surface area contributed by atoms with Gasteiger partial charge in [0.1, 0.15) is 12.1 Å². The van der Waals surface area contributed by atoms with Crippen LogP contribution in [0.3, 0.4) is 0 Å². The molecule has 1 unspecified atom stereocenters. The minimum Gasteiger partial charge on any atom is -0.461 e. The van der Waals surface area contributed by atoms with E-state index < -0.39 is 6.04 Å². The number of nitrogens with one attached hydrogen (secondary N) is 1. The van der Waals surface area contributed by atoms with Crippen LogP contribution in [0, 0.1) is 0 Å². The van der Waals surface area contributed by atoms with E-state index in [0.29, 0.717) is 6.04 Å². The van der Waals surface area contributed by atoms with Gasteiger partial charge in [-0.25, -0.2) is 0 Å². The topological polar surface area (TPSA) is 64.3 Å². The number of nitrogens with two attached hydrogens (primary N) is 1. The van der Waals surface area contributed by atoms with Gasteiger partial charge in [-0.2, -0.15) is 0 Å². The molecule has 0 aromatic carbocycles. The highest BCUT2D eigenvalue weighted by Gasteiger charge is 2.24. The van der Waals surface area contributed by atoms with Crippen LogP contribution in [0.15, 0.2) is 0 Å². The molecule has 88 valence electrons. The van der Waals surface area contributed by atoms with E-state index in [1.807, 2.05) is 6.26 Å². The maximum absolute atomic E-state index is 11.3. The van der Waals surface area contributed by atoms with Gasteiger partial charge in [0, 0.05) is 6.04 Å². The lowest BCUT2D eigenvalue weighted by molar-refractivity contribution is -0.151. The lowest BCUT2D eigenvalue weighted by atomic mass is 9.94. The summed E-state index contributed by atoms with van der Waals surface area (Å²) in [6, 6.07) is 0.0531. The van der Waals surface area contributed by atoms with E-state index in [1.165, 1.54) is 0 Å². The van der Waals surface area contributed by atoms with E-state index in [9.17, 15) is 4.79 Å². The third-order valence-corrected chi connectivity index (χ3v) is 3.18. The summed E-state index contributed by atoms with van der Waals surface area (Å²) in [6.07, 6.45) is 6.12. The molecule has 0 saturated heterocycles. The Hall–Kier alpha value is -0.260. The van der Waals surface area contributed by atoms with Gasteiger partial charge in [-0.3, -0.25) is 9.52 Å². The van der Waals surface area contributed by atoms with Gasteiger partial charge in [0.2, 0.25) is 0 Å². The maximum Gasteiger partial charge on any atom is 0.322 e. The van der Waals surface area contributed by atoms with Crippen molar-refractivity contribution in [1.29, 1.82) is 0 Å². The first kappa shape index (κ1) is 12.8. The summed E-state index contributed by atoms with van der Waals surface area (Å²) in [5.74, 6) is -0.281. The summed E-state index contributed by atoms with van der Waals surface area (Å²) < 4.78 is 8.61. The molecule has 1 saturated carbocycles. The van der Waals surface area contributed by atoms with Crippen molar-refractivity contribution < 1.29 is 9.53 Å². The molecule has 0 spiro atoms. The van der Waals surface area contributed by atoms with Crippen molar-refractivity contribution in [3.63, 3.8) is 0 Å². The molecule has 0 aromatic heterocycles. The van der Waals surface area contributed by atoms with Gasteiger partial charge < -0.3 is 10.5 Å². The Labute approximate surface area is 95.4 Å². The Morgan fingerprint density at radius 3 is 2.53 bits per heavy atom. The predicted octanol–water partition coefficient (Wildman–Crippen LogP) is 1.06. The fourth-order valence-corrected chi connectivity index (χ4v) is 2.31. The smallest absolute Gasteiger partial charge is 0.322 e. The number of carbonyl (C=O) groups is 1. The summed E-state index contributed by atoms with van der Waals surface area (Å²) in [5.41, 5.74) is 5.44. The van der Waals surface area contributed by atoms with Crippen molar-refractivity contribution in [2.45, 2.75) is 50.8 Å². The van der Waals surface area contributed by atoms with Gasteiger partial charge in [-0.15, -0.1) is 0 Å². The third-order valence-electron chi connectivity index (χ3n) is 2.61. The standard InChI is InChI=1S/C10H20N2O2S/c1-7(11)10(13)14-9-5-3-8(4-6-9)12-15-2/h7-9,12H,3-6,11H2,1-2H3. The van der Waals surface area contributed by atoms with E-state index in [2.05, 4.69) is 4.72 Å². The molecule has 0 radical (unpaired) electrons. The SMILES string of the molecule is CSNC1CCC(OC(=O)C(C)N)CC1. The zero-order chi connectivity index (χ0) is 11.3. The average Bonchev–Trinajstić information content (AvgIpc) is 2.21. The molecule has 5 heteroatoms. The van der Waals surface area contributed by atoms with E-state index in [1.54, 1.807) is 18.9 Å². The van der Waals surface area contributed by atoms with Gasteiger partial charge in [-0.05, 0) is 38.9 Å². The molecule has 1 aliphatic carbocycles. The minimum absolute atomic E-state index is 0.0726. The Morgan fingerprint density at radius 2 is 2.07 bits per heavy atom. The van der Waals surface area contributed by atoms with Gasteiger partial charge >= 0.3 is 5.97 Å². The number of hydrogen-bond acceptors (Lipinski definition) is 5. The zero-order valence-corrected chi connectivity index (χ0v) is 10.2. The van der Waals surface area contributed by atoms with Gasteiger partial charge in [0.15, 0.2) is 0 Å². The minimum atomic E-state index is -0.507. The van der Waals surface area contributed by atoms with Gasteiger partial charge in [0.25, 0.3) is 0 Å². The van der Waals surface area contributed by atoms with Crippen LogP contribution in [-0.4, -0.2) is 30.4 Å². The molecule has 1 rings (SSSR count).